The van der Waals surface area contributed by atoms with Gasteiger partial charge in [0.25, 0.3) is 17.4 Å². The van der Waals surface area contributed by atoms with Gasteiger partial charge in [0, 0.05) is 68.9 Å². The second kappa shape index (κ2) is 15.1. The van der Waals surface area contributed by atoms with E-state index < -0.39 is 35.5 Å². The van der Waals surface area contributed by atoms with E-state index in [9.17, 15) is 28.8 Å². The van der Waals surface area contributed by atoms with Crippen molar-refractivity contribution in [1.82, 2.24) is 34.6 Å². The molecule has 61 heavy (non-hydrogen) atoms. The number of pyridine rings is 2. The van der Waals surface area contributed by atoms with Gasteiger partial charge in [0.1, 0.15) is 23.3 Å². The topological polar surface area (TPSA) is 183 Å². The Labute approximate surface area is 350 Å². The number of fused-ring (bicyclic) bond motifs is 4. The molecule has 1 aromatic carbocycles. The van der Waals surface area contributed by atoms with Crippen LogP contribution < -0.4 is 26.0 Å². The van der Waals surface area contributed by atoms with E-state index in [-0.39, 0.29) is 59.0 Å². The van der Waals surface area contributed by atoms with E-state index in [1.807, 2.05) is 23.2 Å². The first-order valence-electron chi connectivity index (χ1n) is 21.4. The van der Waals surface area contributed by atoms with Crippen LogP contribution in [0, 0.1) is 18.7 Å². The van der Waals surface area contributed by atoms with Crippen LogP contribution in [-0.4, -0.2) is 110 Å². The third kappa shape index (κ3) is 6.73. The van der Waals surface area contributed by atoms with Gasteiger partial charge in [-0.2, -0.15) is 4.98 Å². The summed E-state index contributed by atoms with van der Waals surface area (Å²) in [5.74, 6) is -1.89. The van der Waals surface area contributed by atoms with E-state index in [0.717, 1.165) is 94.3 Å². The van der Waals surface area contributed by atoms with Crippen molar-refractivity contribution in [2.24, 2.45) is 5.92 Å². The van der Waals surface area contributed by atoms with Crippen LogP contribution in [0.4, 0.5) is 27.5 Å². The van der Waals surface area contributed by atoms with Gasteiger partial charge >= 0.3 is 0 Å². The number of halogens is 1. The number of rotatable bonds is 9. The molecule has 16 nitrogen and oxygen atoms in total. The van der Waals surface area contributed by atoms with Crippen molar-refractivity contribution < 1.29 is 28.4 Å². The fourth-order valence-electron chi connectivity index (χ4n) is 10.7. The summed E-state index contributed by atoms with van der Waals surface area (Å²) in [6, 6.07) is 5.61. The van der Waals surface area contributed by atoms with E-state index in [2.05, 4.69) is 30.4 Å². The first-order valence-corrected chi connectivity index (χ1v) is 21.4. The van der Waals surface area contributed by atoms with Crippen LogP contribution in [0.15, 0.2) is 41.5 Å². The van der Waals surface area contributed by atoms with Crippen LogP contribution in [0.3, 0.4) is 0 Å². The maximum absolute atomic E-state index is 15.7. The minimum Gasteiger partial charge on any atom is -0.370 e. The zero-order chi connectivity index (χ0) is 42.3. The number of hydrogen-bond donors (Lipinski definition) is 2. The molecule has 6 fully saturated rings. The third-order valence-corrected chi connectivity index (χ3v) is 13.8. The number of ketones is 1. The molecule has 1 aliphatic carbocycles. The summed E-state index contributed by atoms with van der Waals surface area (Å²) in [6.45, 7) is 7.50. The molecule has 11 rings (SSSR count). The van der Waals surface area contributed by atoms with Gasteiger partial charge in [0.15, 0.2) is 5.78 Å². The Balaban J connectivity index is 0.745. The number of piperidine rings is 3. The second-order valence-corrected chi connectivity index (χ2v) is 17.5. The normalized spacial score (nSPS) is 23.5. The van der Waals surface area contributed by atoms with E-state index in [1.165, 1.54) is 13.0 Å². The van der Waals surface area contributed by atoms with E-state index in [1.54, 1.807) is 17.7 Å². The standard InChI is InChI=1S/C44H47FN10O6/c1-23-32-19-47-44(50-39(32)54(26-5-3-4-6-26)43(61)38(23)24(2)56)48-36-9-7-27(18-46-36)52-13-11-25(12-14-52)20-51-21-28-15-29(22-51)53(28)35-17-31-30(16-33(35)45)41(59)55(42(31)60)34-8-10-37(57)49-40(34)58/h7,9,16-19,25-26,28-29,34H,3-6,8,10-15,20-22H2,1-2H3,(H,49,57,58)(H,46,47,48,50). The summed E-state index contributed by atoms with van der Waals surface area (Å²) in [5.41, 5.74) is 2.42. The highest BCUT2D eigenvalue weighted by molar-refractivity contribution is 6.23. The highest BCUT2D eigenvalue weighted by atomic mass is 19.1. The number of nitrogens with zero attached hydrogens (tertiary/aromatic N) is 8. The molecule has 3 atom stereocenters. The zero-order valence-electron chi connectivity index (χ0n) is 34.2. The van der Waals surface area contributed by atoms with Crippen LogP contribution in [0.1, 0.15) is 107 Å². The van der Waals surface area contributed by atoms with E-state index in [4.69, 9.17) is 4.98 Å². The Morgan fingerprint density at radius 3 is 2.30 bits per heavy atom. The molecular weight excluding hydrogens is 784 g/mol. The number of carbonyl (C=O) groups excluding carboxylic acids is 5. The quantitative estimate of drug-likeness (QED) is 0.180. The number of piperazine rings is 1. The average Bonchev–Trinajstić information content (AvgIpc) is 3.84. The maximum Gasteiger partial charge on any atom is 0.263 e. The van der Waals surface area contributed by atoms with Crippen molar-refractivity contribution in [3.63, 3.8) is 0 Å². The molecule has 2 bridgehead atoms. The SMILES string of the molecule is CC(=O)c1c(C)c2cnc(Nc3ccc(N4CCC(CN5CC6CC(C5)N6c5cc6c(cc5F)C(=O)N(C5CCC(=O)NC5=O)C6=O)CC4)cn3)nc2n(C2CCCC2)c1=O. The van der Waals surface area contributed by atoms with Gasteiger partial charge in [0.05, 0.1) is 34.3 Å². The number of benzene rings is 1. The van der Waals surface area contributed by atoms with Gasteiger partial charge < -0.3 is 15.1 Å². The summed E-state index contributed by atoms with van der Waals surface area (Å²) >= 11 is 0. The molecule has 5 saturated heterocycles. The van der Waals surface area contributed by atoms with Gasteiger partial charge in [-0.25, -0.2) is 14.4 Å². The number of amides is 4. The Bertz CT molecular complexity index is 2570. The molecular formula is C44H47FN10O6. The van der Waals surface area contributed by atoms with Crippen molar-refractivity contribution in [3.8, 4) is 0 Å². The molecule has 2 N–H and O–H groups in total. The van der Waals surface area contributed by atoms with E-state index in [0.29, 0.717) is 40.0 Å². The van der Waals surface area contributed by atoms with Crippen molar-refractivity contribution in [2.75, 3.05) is 47.8 Å². The molecule has 0 spiro atoms. The molecule has 3 unspecified atom stereocenters. The Hall–Kier alpha value is -6.10. The first-order chi connectivity index (χ1) is 29.4. The number of nitrogens with one attached hydrogen (secondary N) is 2. The summed E-state index contributed by atoms with van der Waals surface area (Å²) in [6.07, 6.45) is 10.4. The van der Waals surface area contributed by atoms with Crippen LogP contribution in [-0.2, 0) is 9.59 Å². The molecule has 17 heteroatoms. The lowest BCUT2D eigenvalue weighted by molar-refractivity contribution is -0.136. The minimum atomic E-state index is -1.10. The highest BCUT2D eigenvalue weighted by Gasteiger charge is 2.49. The lowest BCUT2D eigenvalue weighted by atomic mass is 9.85. The van der Waals surface area contributed by atoms with Crippen LogP contribution in [0.5, 0.6) is 0 Å². The van der Waals surface area contributed by atoms with Gasteiger partial charge in [-0.05, 0) is 88.1 Å². The molecule has 4 amide bonds. The highest BCUT2D eigenvalue weighted by Crippen LogP contribution is 2.42. The lowest BCUT2D eigenvalue weighted by Crippen LogP contribution is -2.69. The van der Waals surface area contributed by atoms with Gasteiger partial charge in [-0.15, -0.1) is 0 Å². The van der Waals surface area contributed by atoms with Crippen LogP contribution in [0.2, 0.25) is 0 Å². The number of hydrogen-bond acceptors (Lipinski definition) is 13. The Kier molecular flexibility index (Phi) is 9.68. The molecule has 3 aromatic heterocycles. The summed E-state index contributed by atoms with van der Waals surface area (Å²) < 4.78 is 17.4. The number of Topliss-reactive ketones (excluding diaryl/α,β-unsaturated/α-hetero) is 1. The van der Waals surface area contributed by atoms with Crippen molar-refractivity contribution in [1.29, 1.82) is 0 Å². The number of aryl methyl sites for hydroxylation is 1. The summed E-state index contributed by atoms with van der Waals surface area (Å²) in [5, 5.41) is 6.10. The fraction of sp³-hybridized carbons (Fsp3) is 0.477. The van der Waals surface area contributed by atoms with Crippen molar-refractivity contribution >= 4 is 63.6 Å². The Morgan fingerprint density at radius 1 is 0.902 bits per heavy atom. The first kappa shape index (κ1) is 39.1. The predicted octanol–water partition coefficient (Wildman–Crippen LogP) is 4.28. The smallest absolute Gasteiger partial charge is 0.263 e. The summed E-state index contributed by atoms with van der Waals surface area (Å²) in [4.78, 5) is 98.5. The molecule has 6 aliphatic heterocycles. The predicted molar refractivity (Wildman–Crippen MR) is 223 cm³/mol. The molecule has 0 radical (unpaired) electrons. The van der Waals surface area contributed by atoms with Gasteiger partial charge in [-0.3, -0.25) is 48.5 Å². The van der Waals surface area contributed by atoms with Crippen molar-refractivity contribution in [2.45, 2.75) is 95.8 Å². The number of aromatic nitrogens is 4. The van der Waals surface area contributed by atoms with Crippen LogP contribution >= 0.6 is 0 Å². The maximum atomic E-state index is 15.7. The molecule has 7 aliphatic rings. The Morgan fingerprint density at radius 2 is 1.62 bits per heavy atom. The fourth-order valence-corrected chi connectivity index (χ4v) is 10.7. The largest absolute Gasteiger partial charge is 0.370 e. The van der Waals surface area contributed by atoms with Crippen molar-refractivity contribution in [3.05, 3.63) is 75.1 Å². The second-order valence-electron chi connectivity index (χ2n) is 17.5. The number of carbonyl (C=O) groups is 5. The molecule has 9 heterocycles. The monoisotopic (exact) mass is 830 g/mol. The number of anilines is 4. The number of imide groups is 2. The minimum absolute atomic E-state index is 0.00560. The molecule has 4 aromatic rings. The molecule has 1 saturated carbocycles. The zero-order valence-corrected chi connectivity index (χ0v) is 34.2. The summed E-state index contributed by atoms with van der Waals surface area (Å²) in [7, 11) is 0. The lowest BCUT2D eigenvalue weighted by Gasteiger charge is -2.58. The van der Waals surface area contributed by atoms with E-state index >= 15 is 4.39 Å². The average molecular weight is 831 g/mol. The molecule has 316 valence electrons. The third-order valence-electron chi connectivity index (χ3n) is 13.8. The van der Waals surface area contributed by atoms with Gasteiger partial charge in [-0.1, -0.05) is 12.8 Å². The van der Waals surface area contributed by atoms with Gasteiger partial charge in [0.2, 0.25) is 17.8 Å². The van der Waals surface area contributed by atoms with Crippen LogP contribution in [0.25, 0.3) is 11.0 Å².